The van der Waals surface area contributed by atoms with Crippen LogP contribution in [0.3, 0.4) is 0 Å². The van der Waals surface area contributed by atoms with E-state index in [1.165, 1.54) is 10.4 Å². The highest BCUT2D eigenvalue weighted by atomic mass is 32.2. The number of aromatic carboxylic acids is 1. The lowest BCUT2D eigenvalue weighted by Gasteiger charge is -2.29. The predicted molar refractivity (Wildman–Crippen MR) is 86.0 cm³/mol. The highest BCUT2D eigenvalue weighted by molar-refractivity contribution is 7.89. The van der Waals surface area contributed by atoms with Crippen molar-refractivity contribution in [3.63, 3.8) is 0 Å². The lowest BCUT2D eigenvalue weighted by Crippen LogP contribution is -2.39. The van der Waals surface area contributed by atoms with Crippen molar-refractivity contribution in [1.29, 1.82) is 0 Å². The van der Waals surface area contributed by atoms with Crippen molar-refractivity contribution in [3.05, 3.63) is 33.2 Å². The van der Waals surface area contributed by atoms with Gasteiger partial charge in [0.15, 0.2) is 0 Å². The SMILES string of the molecule is CC(C)(C)CCS(=O)(=O)N1CCc2[nH]c(=O)c(C(=O)O)cc2C1. The van der Waals surface area contributed by atoms with Crippen molar-refractivity contribution in [2.75, 3.05) is 12.3 Å². The van der Waals surface area contributed by atoms with Crippen LogP contribution in [-0.2, 0) is 23.0 Å². The monoisotopic (exact) mass is 342 g/mol. The van der Waals surface area contributed by atoms with E-state index in [2.05, 4.69) is 4.98 Å². The minimum Gasteiger partial charge on any atom is -0.477 e. The second-order valence-corrected chi connectivity index (χ2v) is 9.12. The van der Waals surface area contributed by atoms with Crippen molar-refractivity contribution in [2.45, 2.75) is 40.2 Å². The summed E-state index contributed by atoms with van der Waals surface area (Å²) >= 11 is 0. The first-order valence-electron chi connectivity index (χ1n) is 7.46. The number of sulfonamides is 1. The van der Waals surface area contributed by atoms with Crippen molar-refractivity contribution in [2.24, 2.45) is 5.41 Å². The molecule has 0 aliphatic carbocycles. The van der Waals surface area contributed by atoms with Crippen LogP contribution in [0, 0.1) is 5.41 Å². The zero-order valence-corrected chi connectivity index (χ0v) is 14.4. The lowest BCUT2D eigenvalue weighted by molar-refractivity contribution is 0.0694. The Hall–Kier alpha value is -1.67. The zero-order chi connectivity index (χ0) is 17.4. The maximum Gasteiger partial charge on any atom is 0.341 e. The number of hydrogen-bond donors (Lipinski definition) is 2. The number of fused-ring (bicyclic) bond motifs is 1. The molecule has 1 aliphatic rings. The van der Waals surface area contributed by atoms with Crippen molar-refractivity contribution < 1.29 is 18.3 Å². The summed E-state index contributed by atoms with van der Waals surface area (Å²) in [7, 11) is -3.41. The van der Waals surface area contributed by atoms with Gasteiger partial charge in [-0.15, -0.1) is 0 Å². The zero-order valence-electron chi connectivity index (χ0n) is 13.5. The van der Waals surface area contributed by atoms with Gasteiger partial charge in [-0.2, -0.15) is 4.31 Å². The summed E-state index contributed by atoms with van der Waals surface area (Å²) in [6, 6.07) is 1.28. The van der Waals surface area contributed by atoms with E-state index in [1.54, 1.807) is 0 Å². The largest absolute Gasteiger partial charge is 0.477 e. The molecule has 1 aromatic rings. The number of carboxylic acid groups (broad SMARTS) is 1. The summed E-state index contributed by atoms with van der Waals surface area (Å²) in [4.78, 5) is 25.3. The van der Waals surface area contributed by atoms with Gasteiger partial charge in [-0.25, -0.2) is 13.2 Å². The van der Waals surface area contributed by atoms with E-state index >= 15 is 0 Å². The number of nitrogens with zero attached hydrogens (tertiary/aromatic N) is 1. The van der Waals surface area contributed by atoms with Gasteiger partial charge in [-0.1, -0.05) is 20.8 Å². The van der Waals surface area contributed by atoms with Crippen LogP contribution >= 0.6 is 0 Å². The molecule has 1 aliphatic heterocycles. The average molecular weight is 342 g/mol. The van der Waals surface area contributed by atoms with Crippen LogP contribution in [-0.4, -0.2) is 41.1 Å². The van der Waals surface area contributed by atoms with Gasteiger partial charge in [0, 0.05) is 25.2 Å². The molecule has 0 fully saturated rings. The molecule has 2 heterocycles. The molecular weight excluding hydrogens is 320 g/mol. The topological polar surface area (TPSA) is 108 Å². The first-order valence-corrected chi connectivity index (χ1v) is 9.07. The molecule has 2 N–H and O–H groups in total. The molecule has 1 aromatic heterocycles. The Morgan fingerprint density at radius 1 is 1.39 bits per heavy atom. The third-order valence-corrected chi connectivity index (χ3v) is 5.73. The number of nitrogens with one attached hydrogen (secondary N) is 1. The first-order chi connectivity index (χ1) is 10.5. The van der Waals surface area contributed by atoms with E-state index in [9.17, 15) is 18.0 Å². The maximum atomic E-state index is 12.5. The summed E-state index contributed by atoms with van der Waals surface area (Å²) in [6.45, 7) is 6.34. The van der Waals surface area contributed by atoms with Crippen LogP contribution in [0.1, 0.15) is 48.8 Å². The Morgan fingerprint density at radius 2 is 2.04 bits per heavy atom. The number of aromatic nitrogens is 1. The molecule has 0 spiro atoms. The van der Waals surface area contributed by atoms with Gasteiger partial charge in [0.1, 0.15) is 5.56 Å². The van der Waals surface area contributed by atoms with Crippen LogP contribution in [0.5, 0.6) is 0 Å². The molecule has 23 heavy (non-hydrogen) atoms. The van der Waals surface area contributed by atoms with Gasteiger partial charge in [0.25, 0.3) is 5.56 Å². The van der Waals surface area contributed by atoms with Gasteiger partial charge in [0.05, 0.1) is 5.75 Å². The molecule has 0 aromatic carbocycles. The molecule has 128 valence electrons. The quantitative estimate of drug-likeness (QED) is 0.855. The van der Waals surface area contributed by atoms with Crippen molar-refractivity contribution in [1.82, 2.24) is 9.29 Å². The normalized spacial score (nSPS) is 16.1. The van der Waals surface area contributed by atoms with Crippen LogP contribution in [0.25, 0.3) is 0 Å². The fourth-order valence-corrected chi connectivity index (χ4v) is 4.28. The highest BCUT2D eigenvalue weighted by Gasteiger charge is 2.29. The molecule has 0 saturated heterocycles. The third-order valence-electron chi connectivity index (χ3n) is 3.91. The van der Waals surface area contributed by atoms with Crippen LogP contribution < -0.4 is 5.56 Å². The predicted octanol–water partition coefficient (Wildman–Crippen LogP) is 1.20. The number of H-pyrrole nitrogens is 1. The summed E-state index contributed by atoms with van der Waals surface area (Å²) in [5.41, 5.74) is 0.0653. The van der Waals surface area contributed by atoms with Crippen LogP contribution in [0.4, 0.5) is 0 Å². The van der Waals surface area contributed by atoms with Gasteiger partial charge in [-0.3, -0.25) is 4.79 Å². The summed E-state index contributed by atoms with van der Waals surface area (Å²) in [6.07, 6.45) is 0.921. The minimum absolute atomic E-state index is 0.0565. The Balaban J connectivity index is 2.24. The Morgan fingerprint density at radius 3 is 2.61 bits per heavy atom. The molecule has 0 amide bonds. The molecule has 7 nitrogen and oxygen atoms in total. The maximum absolute atomic E-state index is 12.5. The van der Waals surface area contributed by atoms with E-state index in [1.807, 2.05) is 20.8 Å². The van der Waals surface area contributed by atoms with Crippen LogP contribution in [0.15, 0.2) is 10.9 Å². The average Bonchev–Trinajstić information content (AvgIpc) is 2.43. The van der Waals surface area contributed by atoms with Gasteiger partial charge >= 0.3 is 5.97 Å². The summed E-state index contributed by atoms with van der Waals surface area (Å²) in [5.74, 6) is -1.26. The molecule has 0 radical (unpaired) electrons. The number of hydrogen-bond acceptors (Lipinski definition) is 4. The molecule has 0 unspecified atom stereocenters. The van der Waals surface area contributed by atoms with Gasteiger partial charge in [-0.05, 0) is 23.5 Å². The molecular formula is C15H22N2O5S. The fraction of sp³-hybridized carbons (Fsp3) is 0.600. The van der Waals surface area contributed by atoms with Crippen molar-refractivity contribution >= 4 is 16.0 Å². The second kappa shape index (κ2) is 6.09. The summed E-state index contributed by atoms with van der Waals surface area (Å²) in [5, 5.41) is 9.01. The minimum atomic E-state index is -3.41. The number of aromatic amines is 1. The van der Waals surface area contributed by atoms with E-state index in [4.69, 9.17) is 5.11 Å². The standard InChI is InChI=1S/C15H22N2O5S/c1-15(2,3)5-7-23(21,22)17-6-4-12-10(9-17)8-11(14(19)20)13(18)16-12/h8H,4-7,9H2,1-3H3,(H,16,18)(H,19,20). The first kappa shape index (κ1) is 17.7. The Labute approximate surface area is 135 Å². The number of pyridine rings is 1. The number of carboxylic acids is 1. The number of carbonyl (C=O) groups is 1. The van der Waals surface area contributed by atoms with Crippen molar-refractivity contribution in [3.8, 4) is 0 Å². The van der Waals surface area contributed by atoms with Gasteiger partial charge in [0.2, 0.25) is 10.0 Å². The van der Waals surface area contributed by atoms with E-state index in [0.717, 1.165) is 0 Å². The van der Waals surface area contributed by atoms with E-state index in [-0.39, 0.29) is 23.3 Å². The van der Waals surface area contributed by atoms with Crippen LogP contribution in [0.2, 0.25) is 0 Å². The van der Waals surface area contributed by atoms with E-state index in [0.29, 0.717) is 30.6 Å². The lowest BCUT2D eigenvalue weighted by atomic mass is 9.94. The Bertz CT molecular complexity index is 774. The third kappa shape index (κ3) is 4.20. The highest BCUT2D eigenvalue weighted by Crippen LogP contribution is 2.24. The fourth-order valence-electron chi connectivity index (χ4n) is 2.44. The van der Waals surface area contributed by atoms with Gasteiger partial charge < -0.3 is 10.1 Å². The van der Waals surface area contributed by atoms with E-state index < -0.39 is 21.6 Å². The number of rotatable bonds is 4. The molecule has 2 rings (SSSR count). The molecule has 0 bridgehead atoms. The molecule has 8 heteroatoms. The molecule has 0 atom stereocenters. The Kier molecular flexibility index (Phi) is 4.68. The summed E-state index contributed by atoms with van der Waals surface area (Å²) < 4.78 is 26.3. The second-order valence-electron chi connectivity index (χ2n) is 7.03. The molecule has 0 saturated carbocycles. The smallest absolute Gasteiger partial charge is 0.341 e.